The van der Waals surface area contributed by atoms with Gasteiger partial charge in [-0.05, 0) is 43.5 Å². The second-order valence-electron chi connectivity index (χ2n) is 5.09. The van der Waals surface area contributed by atoms with Gasteiger partial charge in [-0.1, -0.05) is 6.07 Å². The minimum Gasteiger partial charge on any atom is -0.469 e. The molecule has 0 aliphatic rings. The summed E-state index contributed by atoms with van der Waals surface area (Å²) in [5, 5.41) is 0. The number of ether oxygens (including phenoxy) is 1. The molecule has 1 aromatic carbocycles. The van der Waals surface area contributed by atoms with Gasteiger partial charge in [0.15, 0.2) is 15.6 Å². The molecule has 0 fully saturated rings. The lowest BCUT2D eigenvalue weighted by Gasteiger charge is -2.09. The summed E-state index contributed by atoms with van der Waals surface area (Å²) >= 11 is 0. The van der Waals surface area contributed by atoms with Crippen LogP contribution in [0.4, 0.5) is 0 Å². The smallest absolute Gasteiger partial charge is 0.306 e. The predicted molar refractivity (Wildman–Crippen MR) is 80.3 cm³/mol. The number of esters is 1. The first-order valence-corrected chi connectivity index (χ1v) is 8.36. The van der Waals surface area contributed by atoms with Crippen molar-refractivity contribution in [1.29, 1.82) is 0 Å². The second-order valence-corrected chi connectivity index (χ2v) is 7.28. The van der Waals surface area contributed by atoms with Crippen LogP contribution in [0.15, 0.2) is 12.1 Å². The Balaban J connectivity index is 2.86. The number of hydrogen-bond acceptors (Lipinski definition) is 5. The highest BCUT2D eigenvalue weighted by molar-refractivity contribution is 7.92. The summed E-state index contributed by atoms with van der Waals surface area (Å²) in [5.41, 5.74) is 3.17. The monoisotopic (exact) mass is 312 g/mol. The van der Waals surface area contributed by atoms with E-state index < -0.39 is 27.3 Å². The molecule has 0 atom stereocenters. The number of methoxy groups -OCH3 is 1. The Morgan fingerprint density at radius 3 is 2.19 bits per heavy atom. The van der Waals surface area contributed by atoms with Crippen molar-refractivity contribution >= 4 is 21.6 Å². The number of ketones is 1. The van der Waals surface area contributed by atoms with Gasteiger partial charge in [0.2, 0.25) is 0 Å². The molecule has 0 heterocycles. The molecule has 0 spiro atoms. The Morgan fingerprint density at radius 1 is 1.05 bits per heavy atom. The fourth-order valence-electron chi connectivity index (χ4n) is 1.95. The lowest BCUT2D eigenvalue weighted by Crippen LogP contribution is -2.21. The van der Waals surface area contributed by atoms with Gasteiger partial charge in [-0.2, -0.15) is 0 Å². The van der Waals surface area contributed by atoms with Crippen molar-refractivity contribution in [2.45, 2.75) is 27.2 Å². The third-order valence-corrected chi connectivity index (χ3v) is 4.87. The first-order chi connectivity index (χ1) is 9.66. The SMILES string of the molecule is COC(=O)CCS(=O)(=O)CC(=O)c1cc(C)c(C)cc1C. The normalized spacial score (nSPS) is 11.2. The highest BCUT2D eigenvalue weighted by atomic mass is 32.2. The second kappa shape index (κ2) is 6.85. The Labute approximate surface area is 125 Å². The third kappa shape index (κ3) is 4.97. The van der Waals surface area contributed by atoms with E-state index in [0.717, 1.165) is 16.7 Å². The van der Waals surface area contributed by atoms with Crippen LogP contribution in [-0.4, -0.2) is 38.8 Å². The number of carbonyl (C=O) groups excluding carboxylic acids is 2. The summed E-state index contributed by atoms with van der Waals surface area (Å²) in [7, 11) is -2.43. The van der Waals surface area contributed by atoms with Gasteiger partial charge in [0.05, 0.1) is 19.3 Å². The predicted octanol–water partition coefficient (Wildman–Crippen LogP) is 1.77. The lowest BCUT2D eigenvalue weighted by atomic mass is 9.99. The van der Waals surface area contributed by atoms with E-state index in [2.05, 4.69) is 4.74 Å². The van der Waals surface area contributed by atoms with E-state index >= 15 is 0 Å². The maximum absolute atomic E-state index is 12.2. The molecule has 6 heteroatoms. The van der Waals surface area contributed by atoms with Gasteiger partial charge in [0.1, 0.15) is 5.75 Å². The van der Waals surface area contributed by atoms with Crippen LogP contribution in [0.2, 0.25) is 0 Å². The highest BCUT2D eigenvalue weighted by Crippen LogP contribution is 2.16. The molecule has 1 rings (SSSR count). The molecule has 5 nitrogen and oxygen atoms in total. The Bertz CT molecular complexity index is 659. The average Bonchev–Trinajstić information content (AvgIpc) is 2.39. The van der Waals surface area contributed by atoms with E-state index in [9.17, 15) is 18.0 Å². The van der Waals surface area contributed by atoms with Crippen molar-refractivity contribution in [2.24, 2.45) is 0 Å². The van der Waals surface area contributed by atoms with E-state index in [4.69, 9.17) is 0 Å². The van der Waals surface area contributed by atoms with E-state index in [1.54, 1.807) is 13.0 Å². The number of benzene rings is 1. The summed E-state index contributed by atoms with van der Waals surface area (Å²) in [6, 6.07) is 3.58. The fourth-order valence-corrected chi connectivity index (χ4v) is 3.13. The Kier molecular flexibility index (Phi) is 5.66. The number of carbonyl (C=O) groups is 2. The molecule has 116 valence electrons. The zero-order chi connectivity index (χ0) is 16.2. The number of sulfone groups is 1. The van der Waals surface area contributed by atoms with Gasteiger partial charge in [-0.15, -0.1) is 0 Å². The van der Waals surface area contributed by atoms with Crippen molar-refractivity contribution in [3.05, 3.63) is 34.4 Å². The number of Topliss-reactive ketones (excluding diaryl/α,β-unsaturated/α-hetero) is 1. The first kappa shape index (κ1) is 17.4. The topological polar surface area (TPSA) is 77.5 Å². The fraction of sp³-hybridized carbons (Fsp3) is 0.467. The molecule has 0 saturated heterocycles. The van der Waals surface area contributed by atoms with Crippen LogP contribution in [0, 0.1) is 20.8 Å². The molecule has 0 saturated carbocycles. The summed E-state index contributed by atoms with van der Waals surface area (Å²) in [6.45, 7) is 5.59. The number of rotatable bonds is 6. The number of hydrogen-bond donors (Lipinski definition) is 0. The molecule has 21 heavy (non-hydrogen) atoms. The van der Waals surface area contributed by atoms with Crippen LogP contribution in [-0.2, 0) is 19.4 Å². The largest absolute Gasteiger partial charge is 0.469 e. The molecule has 0 unspecified atom stereocenters. The molecule has 0 bridgehead atoms. The molecule has 0 aliphatic carbocycles. The van der Waals surface area contributed by atoms with Gasteiger partial charge in [0.25, 0.3) is 0 Å². The number of aryl methyl sites for hydroxylation is 3. The third-order valence-electron chi connectivity index (χ3n) is 3.34. The quantitative estimate of drug-likeness (QED) is 0.591. The van der Waals surface area contributed by atoms with Crippen LogP contribution in [0.5, 0.6) is 0 Å². The van der Waals surface area contributed by atoms with Crippen molar-refractivity contribution in [1.82, 2.24) is 0 Å². The van der Waals surface area contributed by atoms with Crippen LogP contribution in [0.25, 0.3) is 0 Å². The highest BCUT2D eigenvalue weighted by Gasteiger charge is 2.21. The maximum Gasteiger partial charge on any atom is 0.306 e. The summed E-state index contributed by atoms with van der Waals surface area (Å²) in [6.07, 6.45) is -0.238. The minimum absolute atomic E-state index is 0.238. The average molecular weight is 312 g/mol. The van der Waals surface area contributed by atoms with Crippen molar-refractivity contribution in [3.63, 3.8) is 0 Å². The van der Waals surface area contributed by atoms with E-state index in [-0.39, 0.29) is 12.2 Å². The van der Waals surface area contributed by atoms with E-state index in [1.807, 2.05) is 19.9 Å². The minimum atomic E-state index is -3.62. The van der Waals surface area contributed by atoms with Gasteiger partial charge in [-0.3, -0.25) is 9.59 Å². The summed E-state index contributed by atoms with van der Waals surface area (Å²) in [5.74, 6) is -2.02. The van der Waals surface area contributed by atoms with Gasteiger partial charge < -0.3 is 4.74 Å². The molecular formula is C15H20O5S. The summed E-state index contributed by atoms with van der Waals surface area (Å²) < 4.78 is 28.1. The Morgan fingerprint density at radius 2 is 1.62 bits per heavy atom. The van der Waals surface area contributed by atoms with E-state index in [1.165, 1.54) is 7.11 Å². The zero-order valence-corrected chi connectivity index (χ0v) is 13.5. The molecule has 0 amide bonds. The van der Waals surface area contributed by atoms with Crippen LogP contribution in [0.3, 0.4) is 0 Å². The van der Waals surface area contributed by atoms with Crippen LogP contribution >= 0.6 is 0 Å². The van der Waals surface area contributed by atoms with Crippen LogP contribution < -0.4 is 0 Å². The lowest BCUT2D eigenvalue weighted by molar-refractivity contribution is -0.140. The molecule has 1 aromatic rings. The molecule has 0 aromatic heterocycles. The molecular weight excluding hydrogens is 292 g/mol. The van der Waals surface area contributed by atoms with Crippen molar-refractivity contribution < 1.29 is 22.7 Å². The van der Waals surface area contributed by atoms with Crippen molar-refractivity contribution in [2.75, 3.05) is 18.6 Å². The molecule has 0 N–H and O–H groups in total. The molecule has 0 aliphatic heterocycles. The standard InChI is InChI=1S/C15H20O5S/c1-10-7-12(3)13(8-11(10)2)14(16)9-21(18,19)6-5-15(17)20-4/h7-8H,5-6,9H2,1-4H3. The Hall–Kier alpha value is -1.69. The van der Waals surface area contributed by atoms with Crippen molar-refractivity contribution in [3.8, 4) is 0 Å². The van der Waals surface area contributed by atoms with Crippen LogP contribution in [0.1, 0.15) is 33.5 Å². The first-order valence-electron chi connectivity index (χ1n) is 6.54. The van der Waals surface area contributed by atoms with Gasteiger partial charge in [0, 0.05) is 5.56 Å². The molecule has 0 radical (unpaired) electrons. The van der Waals surface area contributed by atoms with E-state index in [0.29, 0.717) is 5.56 Å². The van der Waals surface area contributed by atoms with Gasteiger partial charge in [-0.25, -0.2) is 8.42 Å². The maximum atomic E-state index is 12.2. The summed E-state index contributed by atoms with van der Waals surface area (Å²) in [4.78, 5) is 23.1. The zero-order valence-electron chi connectivity index (χ0n) is 12.7. The van der Waals surface area contributed by atoms with Gasteiger partial charge >= 0.3 is 5.97 Å².